The SMILES string of the molecule is Cc1ccc(CC(=O)N2C[C@@H](C(=O)N3CCOCC3)C3(CCOCC3)C2)cc1. The summed E-state index contributed by atoms with van der Waals surface area (Å²) < 4.78 is 11.0. The van der Waals surface area contributed by atoms with Gasteiger partial charge in [0.25, 0.3) is 0 Å². The molecule has 1 atom stereocenters. The predicted octanol–water partition coefficient (Wildman–Crippen LogP) is 1.65. The van der Waals surface area contributed by atoms with Crippen molar-refractivity contribution in [2.75, 3.05) is 52.6 Å². The van der Waals surface area contributed by atoms with Crippen LogP contribution in [0, 0.1) is 18.3 Å². The maximum Gasteiger partial charge on any atom is 0.228 e. The van der Waals surface area contributed by atoms with Gasteiger partial charge in [-0.2, -0.15) is 0 Å². The zero-order valence-electron chi connectivity index (χ0n) is 16.7. The summed E-state index contributed by atoms with van der Waals surface area (Å²) in [5, 5.41) is 0. The molecule has 0 saturated carbocycles. The number of carbonyl (C=O) groups excluding carboxylic acids is 2. The summed E-state index contributed by atoms with van der Waals surface area (Å²) >= 11 is 0. The predicted molar refractivity (Wildman–Crippen MR) is 105 cm³/mol. The Bertz CT molecular complexity index is 706. The van der Waals surface area contributed by atoms with Crippen molar-refractivity contribution in [2.24, 2.45) is 11.3 Å². The molecule has 0 bridgehead atoms. The van der Waals surface area contributed by atoms with Crippen LogP contribution in [-0.2, 0) is 25.5 Å². The lowest BCUT2D eigenvalue weighted by atomic mass is 9.71. The Hall–Kier alpha value is -1.92. The second kappa shape index (κ2) is 8.21. The van der Waals surface area contributed by atoms with E-state index in [1.165, 1.54) is 5.56 Å². The van der Waals surface area contributed by atoms with Crippen LogP contribution in [0.5, 0.6) is 0 Å². The van der Waals surface area contributed by atoms with Crippen LogP contribution in [0.4, 0.5) is 0 Å². The highest BCUT2D eigenvalue weighted by Crippen LogP contribution is 2.45. The molecule has 0 aliphatic carbocycles. The van der Waals surface area contributed by atoms with E-state index < -0.39 is 0 Å². The summed E-state index contributed by atoms with van der Waals surface area (Å²) in [6.45, 7) is 7.10. The average Bonchev–Trinajstić information content (AvgIpc) is 3.09. The van der Waals surface area contributed by atoms with Crippen LogP contribution in [-0.4, -0.2) is 74.2 Å². The highest BCUT2D eigenvalue weighted by Gasteiger charge is 2.52. The normalized spacial score (nSPS) is 24.5. The lowest BCUT2D eigenvalue weighted by Gasteiger charge is -2.39. The van der Waals surface area contributed by atoms with Crippen molar-refractivity contribution in [2.45, 2.75) is 26.2 Å². The molecule has 1 aromatic carbocycles. The number of hydrogen-bond acceptors (Lipinski definition) is 4. The highest BCUT2D eigenvalue weighted by atomic mass is 16.5. The minimum atomic E-state index is -0.142. The Morgan fingerprint density at radius 3 is 2.32 bits per heavy atom. The Balaban J connectivity index is 1.49. The molecule has 1 spiro atoms. The molecule has 2 amide bonds. The lowest BCUT2D eigenvalue weighted by molar-refractivity contribution is -0.144. The van der Waals surface area contributed by atoms with Gasteiger partial charge >= 0.3 is 0 Å². The fourth-order valence-corrected chi connectivity index (χ4v) is 4.78. The third kappa shape index (κ3) is 3.94. The summed E-state index contributed by atoms with van der Waals surface area (Å²) in [5.74, 6) is 0.180. The van der Waals surface area contributed by atoms with Crippen LogP contribution in [0.25, 0.3) is 0 Å². The first-order valence-corrected chi connectivity index (χ1v) is 10.3. The van der Waals surface area contributed by atoms with E-state index in [9.17, 15) is 9.59 Å². The Morgan fingerprint density at radius 1 is 1.00 bits per heavy atom. The Labute approximate surface area is 166 Å². The third-order valence-electron chi connectivity index (χ3n) is 6.59. The quantitative estimate of drug-likeness (QED) is 0.793. The number of benzene rings is 1. The molecule has 0 unspecified atom stereocenters. The van der Waals surface area contributed by atoms with Gasteiger partial charge < -0.3 is 19.3 Å². The van der Waals surface area contributed by atoms with E-state index in [1.807, 2.05) is 41.0 Å². The molecule has 4 rings (SSSR count). The average molecular weight is 386 g/mol. The maximum atomic E-state index is 13.3. The van der Waals surface area contributed by atoms with E-state index in [0.29, 0.717) is 59.0 Å². The molecule has 3 aliphatic heterocycles. The molecule has 28 heavy (non-hydrogen) atoms. The first-order valence-electron chi connectivity index (χ1n) is 10.3. The number of amides is 2. The van der Waals surface area contributed by atoms with Gasteiger partial charge in [0.05, 0.1) is 25.6 Å². The van der Waals surface area contributed by atoms with Crippen molar-refractivity contribution in [1.29, 1.82) is 0 Å². The molecule has 1 aromatic rings. The molecular formula is C22H30N2O4. The van der Waals surface area contributed by atoms with Crippen LogP contribution < -0.4 is 0 Å². The molecule has 6 nitrogen and oxygen atoms in total. The van der Waals surface area contributed by atoms with Crippen molar-refractivity contribution in [3.05, 3.63) is 35.4 Å². The molecule has 0 radical (unpaired) electrons. The molecule has 152 valence electrons. The molecule has 3 aliphatic rings. The van der Waals surface area contributed by atoms with Crippen molar-refractivity contribution in [3.63, 3.8) is 0 Å². The lowest BCUT2D eigenvalue weighted by Crippen LogP contribution is -2.49. The van der Waals surface area contributed by atoms with E-state index in [-0.39, 0.29) is 23.1 Å². The molecule has 6 heteroatoms. The van der Waals surface area contributed by atoms with Crippen molar-refractivity contribution >= 4 is 11.8 Å². The first kappa shape index (κ1) is 19.4. The van der Waals surface area contributed by atoms with Crippen LogP contribution >= 0.6 is 0 Å². The minimum Gasteiger partial charge on any atom is -0.381 e. The summed E-state index contributed by atoms with van der Waals surface area (Å²) in [5.41, 5.74) is 2.07. The van der Waals surface area contributed by atoms with Crippen molar-refractivity contribution < 1.29 is 19.1 Å². The monoisotopic (exact) mass is 386 g/mol. The molecule has 3 heterocycles. The first-order chi connectivity index (χ1) is 13.6. The number of hydrogen-bond donors (Lipinski definition) is 0. The number of likely N-dealkylation sites (tertiary alicyclic amines) is 1. The minimum absolute atomic E-state index is 0.118. The van der Waals surface area contributed by atoms with Gasteiger partial charge in [0.1, 0.15) is 0 Å². The van der Waals surface area contributed by atoms with Gasteiger partial charge in [-0.1, -0.05) is 29.8 Å². The van der Waals surface area contributed by atoms with E-state index in [2.05, 4.69) is 0 Å². The van der Waals surface area contributed by atoms with Crippen molar-refractivity contribution in [3.8, 4) is 0 Å². The summed E-state index contributed by atoms with van der Waals surface area (Å²) in [6.07, 6.45) is 2.09. The van der Waals surface area contributed by atoms with E-state index in [4.69, 9.17) is 9.47 Å². The van der Waals surface area contributed by atoms with Gasteiger partial charge in [0.15, 0.2) is 0 Å². The van der Waals surface area contributed by atoms with Gasteiger partial charge in [-0.25, -0.2) is 0 Å². The van der Waals surface area contributed by atoms with Gasteiger partial charge in [0, 0.05) is 44.8 Å². The van der Waals surface area contributed by atoms with Gasteiger partial charge in [-0.3, -0.25) is 9.59 Å². The third-order valence-corrected chi connectivity index (χ3v) is 6.59. The number of ether oxygens (including phenoxy) is 2. The molecule has 0 N–H and O–H groups in total. The molecule has 0 aromatic heterocycles. The molecule has 3 saturated heterocycles. The number of nitrogens with zero attached hydrogens (tertiary/aromatic N) is 2. The zero-order valence-corrected chi connectivity index (χ0v) is 16.7. The van der Waals surface area contributed by atoms with Crippen LogP contribution in [0.15, 0.2) is 24.3 Å². The Morgan fingerprint density at radius 2 is 1.64 bits per heavy atom. The number of morpholine rings is 1. The largest absolute Gasteiger partial charge is 0.381 e. The second-order valence-corrected chi connectivity index (χ2v) is 8.40. The standard InChI is InChI=1S/C22H30N2O4/c1-17-2-4-18(5-3-17)14-20(25)24-15-19(21(26)23-8-12-28-13-9-23)22(16-24)6-10-27-11-7-22/h2-5,19H,6-16H2,1H3/t19-/m0/s1. The van der Waals surface area contributed by atoms with Crippen LogP contribution in [0.1, 0.15) is 24.0 Å². The summed E-state index contributed by atoms with van der Waals surface area (Å²) in [7, 11) is 0. The van der Waals surface area contributed by atoms with Gasteiger partial charge in [-0.15, -0.1) is 0 Å². The molecule has 3 fully saturated rings. The summed E-state index contributed by atoms with van der Waals surface area (Å²) in [6, 6.07) is 8.11. The van der Waals surface area contributed by atoms with Crippen LogP contribution in [0.3, 0.4) is 0 Å². The highest BCUT2D eigenvalue weighted by molar-refractivity contribution is 5.84. The zero-order chi connectivity index (χ0) is 19.6. The number of aryl methyl sites for hydroxylation is 1. The van der Waals surface area contributed by atoms with Crippen molar-refractivity contribution in [1.82, 2.24) is 9.80 Å². The van der Waals surface area contributed by atoms with E-state index >= 15 is 0 Å². The molecular weight excluding hydrogens is 356 g/mol. The maximum absolute atomic E-state index is 13.3. The number of carbonyl (C=O) groups is 2. The fraction of sp³-hybridized carbons (Fsp3) is 0.636. The van der Waals surface area contributed by atoms with Gasteiger partial charge in [0.2, 0.25) is 11.8 Å². The second-order valence-electron chi connectivity index (χ2n) is 8.40. The topological polar surface area (TPSA) is 59.1 Å². The number of rotatable bonds is 3. The van der Waals surface area contributed by atoms with Gasteiger partial charge in [-0.05, 0) is 25.3 Å². The summed E-state index contributed by atoms with van der Waals surface area (Å²) in [4.78, 5) is 30.2. The van der Waals surface area contributed by atoms with E-state index in [0.717, 1.165) is 18.4 Å². The smallest absolute Gasteiger partial charge is 0.228 e. The Kier molecular flexibility index (Phi) is 5.69. The van der Waals surface area contributed by atoms with Crippen LogP contribution in [0.2, 0.25) is 0 Å². The fourth-order valence-electron chi connectivity index (χ4n) is 4.78. The van der Waals surface area contributed by atoms with E-state index in [1.54, 1.807) is 0 Å².